The summed E-state index contributed by atoms with van der Waals surface area (Å²) in [6.07, 6.45) is 1.67. The van der Waals surface area contributed by atoms with Crippen LogP contribution in [0.2, 0.25) is 0 Å². The number of hydrogen-bond acceptors (Lipinski definition) is 4. The molecule has 0 aliphatic heterocycles. The first-order chi connectivity index (χ1) is 6.87. The third-order valence-corrected chi connectivity index (χ3v) is 1.47. The number of hydrogen-bond donors (Lipinski definition) is 2. The molecule has 0 bridgehead atoms. The van der Waals surface area contributed by atoms with Crippen molar-refractivity contribution in [3.05, 3.63) is 23.8 Å². The maximum atomic E-state index is 12.9. The summed E-state index contributed by atoms with van der Waals surface area (Å²) >= 11 is 0. The molecule has 0 radical (unpaired) electrons. The predicted octanol–water partition coefficient (Wildman–Crippen LogP) is 0.351. The summed E-state index contributed by atoms with van der Waals surface area (Å²) < 4.78 is 25.9. The quantitative estimate of drug-likeness (QED) is 0.759. The zero-order chi connectivity index (χ0) is 11.6. The van der Waals surface area contributed by atoms with Gasteiger partial charge in [0, 0.05) is 12.4 Å². The first-order valence-corrected chi connectivity index (χ1v) is 3.53. The second-order valence-electron chi connectivity index (χ2n) is 2.44. The fraction of sp³-hybridized carbons (Fsp3) is 0.143. The Labute approximate surface area is 81.2 Å². The maximum Gasteiger partial charge on any atom is 0.386 e. The largest absolute Gasteiger partial charge is 0.476 e. The number of aromatic carboxylic acids is 1. The zero-order valence-corrected chi connectivity index (χ0v) is 7.02. The Balaban J connectivity index is 3.37. The highest BCUT2D eigenvalue weighted by molar-refractivity contribution is 5.89. The molecule has 0 saturated carbocycles. The number of carbonyl (C=O) groups is 2. The van der Waals surface area contributed by atoms with Crippen LogP contribution in [0.3, 0.4) is 0 Å². The van der Waals surface area contributed by atoms with Crippen LogP contribution in [0.1, 0.15) is 16.2 Å². The van der Waals surface area contributed by atoms with E-state index in [0.29, 0.717) is 0 Å². The van der Waals surface area contributed by atoms with Gasteiger partial charge in [-0.3, -0.25) is 4.98 Å². The number of aromatic nitrogens is 2. The molecule has 1 aromatic heterocycles. The Bertz CT molecular complexity index is 421. The molecule has 0 fully saturated rings. The SMILES string of the molecule is O=C(O)c1nccnc1C(F)(F)C(=O)O. The van der Waals surface area contributed by atoms with Crippen molar-refractivity contribution in [1.82, 2.24) is 9.97 Å². The number of aliphatic carboxylic acids is 1. The summed E-state index contributed by atoms with van der Waals surface area (Å²) in [4.78, 5) is 26.8. The molecule has 0 atom stereocenters. The van der Waals surface area contributed by atoms with Crippen LogP contribution in [0, 0.1) is 0 Å². The molecular weight excluding hydrogens is 214 g/mol. The number of halogens is 2. The molecule has 80 valence electrons. The Morgan fingerprint density at radius 1 is 1.20 bits per heavy atom. The lowest BCUT2D eigenvalue weighted by Gasteiger charge is -2.11. The van der Waals surface area contributed by atoms with E-state index >= 15 is 0 Å². The average Bonchev–Trinajstić information content (AvgIpc) is 2.17. The van der Waals surface area contributed by atoms with Gasteiger partial charge in [0.25, 0.3) is 0 Å². The van der Waals surface area contributed by atoms with Crippen molar-refractivity contribution in [2.45, 2.75) is 5.92 Å². The van der Waals surface area contributed by atoms with Gasteiger partial charge in [0.1, 0.15) is 0 Å². The summed E-state index contributed by atoms with van der Waals surface area (Å²) in [6, 6.07) is 0. The third kappa shape index (κ3) is 1.87. The molecule has 2 N–H and O–H groups in total. The van der Waals surface area contributed by atoms with Gasteiger partial charge >= 0.3 is 17.9 Å². The fourth-order valence-electron chi connectivity index (χ4n) is 0.826. The van der Waals surface area contributed by atoms with Crippen LogP contribution < -0.4 is 0 Å². The number of carboxylic acid groups (broad SMARTS) is 2. The molecule has 0 aliphatic rings. The van der Waals surface area contributed by atoms with Crippen molar-refractivity contribution in [1.29, 1.82) is 0 Å². The van der Waals surface area contributed by atoms with Crippen molar-refractivity contribution in [2.75, 3.05) is 0 Å². The minimum Gasteiger partial charge on any atom is -0.476 e. The minimum absolute atomic E-state index is 0.790. The van der Waals surface area contributed by atoms with E-state index < -0.39 is 29.2 Å². The highest BCUT2D eigenvalue weighted by atomic mass is 19.3. The predicted molar refractivity (Wildman–Crippen MR) is 40.5 cm³/mol. The molecule has 0 saturated heterocycles. The van der Waals surface area contributed by atoms with E-state index in [0.717, 1.165) is 12.4 Å². The first-order valence-electron chi connectivity index (χ1n) is 3.53. The highest BCUT2D eigenvalue weighted by Gasteiger charge is 2.46. The fourth-order valence-corrected chi connectivity index (χ4v) is 0.826. The van der Waals surface area contributed by atoms with Gasteiger partial charge in [0.15, 0.2) is 11.4 Å². The van der Waals surface area contributed by atoms with Crippen LogP contribution in [0.4, 0.5) is 8.78 Å². The van der Waals surface area contributed by atoms with Crippen molar-refractivity contribution in [3.8, 4) is 0 Å². The van der Waals surface area contributed by atoms with Crippen LogP contribution in [-0.4, -0.2) is 32.1 Å². The van der Waals surface area contributed by atoms with Gasteiger partial charge < -0.3 is 10.2 Å². The smallest absolute Gasteiger partial charge is 0.386 e. The summed E-state index contributed by atoms with van der Waals surface area (Å²) in [7, 11) is 0. The second-order valence-corrected chi connectivity index (χ2v) is 2.44. The molecule has 0 aliphatic carbocycles. The molecule has 0 unspecified atom stereocenters. The van der Waals surface area contributed by atoms with E-state index in [1.54, 1.807) is 0 Å². The lowest BCUT2D eigenvalue weighted by molar-refractivity contribution is -0.167. The van der Waals surface area contributed by atoms with Gasteiger partial charge in [-0.2, -0.15) is 8.78 Å². The molecule has 15 heavy (non-hydrogen) atoms. The number of alkyl halides is 2. The molecule has 0 spiro atoms. The van der Waals surface area contributed by atoms with Gasteiger partial charge in [-0.1, -0.05) is 0 Å². The number of carboxylic acids is 2. The monoisotopic (exact) mass is 218 g/mol. The molecular formula is C7H4F2N2O4. The summed E-state index contributed by atoms with van der Waals surface area (Å²) in [5.41, 5.74) is -2.46. The van der Waals surface area contributed by atoms with Crippen molar-refractivity contribution < 1.29 is 28.6 Å². The van der Waals surface area contributed by atoms with Crippen LogP contribution in [0.5, 0.6) is 0 Å². The lowest BCUT2D eigenvalue weighted by Crippen LogP contribution is -2.29. The second kappa shape index (κ2) is 3.56. The Morgan fingerprint density at radius 3 is 2.20 bits per heavy atom. The summed E-state index contributed by atoms with van der Waals surface area (Å²) in [5, 5.41) is 16.7. The number of rotatable bonds is 3. The van der Waals surface area contributed by atoms with Crippen LogP contribution in [-0.2, 0) is 10.7 Å². The molecule has 6 nitrogen and oxygen atoms in total. The Hall–Kier alpha value is -2.12. The van der Waals surface area contributed by atoms with Crippen molar-refractivity contribution in [2.24, 2.45) is 0 Å². The molecule has 0 aromatic carbocycles. The molecule has 1 heterocycles. The van der Waals surface area contributed by atoms with Crippen LogP contribution >= 0.6 is 0 Å². The summed E-state index contributed by atoms with van der Waals surface area (Å²) in [5.74, 6) is -8.62. The van der Waals surface area contributed by atoms with E-state index in [1.807, 2.05) is 0 Å². The van der Waals surface area contributed by atoms with Gasteiger partial charge in [0.05, 0.1) is 0 Å². The van der Waals surface area contributed by atoms with Gasteiger partial charge in [-0.25, -0.2) is 14.6 Å². The van der Waals surface area contributed by atoms with Crippen molar-refractivity contribution in [3.63, 3.8) is 0 Å². The van der Waals surface area contributed by atoms with Gasteiger partial charge in [0.2, 0.25) is 0 Å². The highest BCUT2D eigenvalue weighted by Crippen LogP contribution is 2.28. The molecule has 1 rings (SSSR count). The van der Waals surface area contributed by atoms with E-state index in [2.05, 4.69) is 9.97 Å². The summed E-state index contributed by atoms with van der Waals surface area (Å²) in [6.45, 7) is 0. The van der Waals surface area contributed by atoms with E-state index in [-0.39, 0.29) is 0 Å². The lowest BCUT2D eigenvalue weighted by atomic mass is 10.2. The van der Waals surface area contributed by atoms with Gasteiger partial charge in [-0.15, -0.1) is 0 Å². The topological polar surface area (TPSA) is 100 Å². The average molecular weight is 218 g/mol. The third-order valence-electron chi connectivity index (χ3n) is 1.47. The molecule has 0 amide bonds. The maximum absolute atomic E-state index is 12.9. The molecule has 8 heteroatoms. The number of nitrogens with zero attached hydrogens (tertiary/aromatic N) is 2. The van der Waals surface area contributed by atoms with Crippen LogP contribution in [0.15, 0.2) is 12.4 Å². The standard InChI is InChI=1S/C7H4F2N2O4/c8-7(9,6(14)15)4-3(5(12)13)10-1-2-11-4/h1-2H,(H,12,13)(H,14,15). The van der Waals surface area contributed by atoms with E-state index in [9.17, 15) is 18.4 Å². The zero-order valence-electron chi connectivity index (χ0n) is 7.02. The Morgan fingerprint density at radius 2 is 1.73 bits per heavy atom. The minimum atomic E-state index is -4.37. The first kappa shape index (κ1) is 11.0. The van der Waals surface area contributed by atoms with Gasteiger partial charge in [-0.05, 0) is 0 Å². The molecule has 1 aromatic rings. The van der Waals surface area contributed by atoms with Crippen molar-refractivity contribution >= 4 is 11.9 Å². The Kier molecular flexibility index (Phi) is 2.60. The normalized spacial score (nSPS) is 11.1. The van der Waals surface area contributed by atoms with E-state index in [1.165, 1.54) is 0 Å². The van der Waals surface area contributed by atoms with E-state index in [4.69, 9.17) is 10.2 Å². The van der Waals surface area contributed by atoms with Crippen LogP contribution in [0.25, 0.3) is 0 Å².